The van der Waals surface area contributed by atoms with Gasteiger partial charge in [0, 0.05) is 18.4 Å². The quantitative estimate of drug-likeness (QED) is 0.872. The average molecular weight is 320 g/mol. The molecular formula is C19H20N4O. The van der Waals surface area contributed by atoms with E-state index in [0.29, 0.717) is 6.54 Å². The number of benzene rings is 2. The molecule has 2 aromatic carbocycles. The van der Waals surface area contributed by atoms with Crippen LogP contribution in [-0.4, -0.2) is 24.6 Å². The Bertz CT molecular complexity index is 736. The fourth-order valence-electron chi connectivity index (χ4n) is 2.44. The zero-order chi connectivity index (χ0) is 16.8. The third-order valence-electron chi connectivity index (χ3n) is 3.81. The van der Waals surface area contributed by atoms with Gasteiger partial charge in [0.25, 0.3) is 0 Å². The van der Waals surface area contributed by atoms with Gasteiger partial charge in [0.2, 0.25) is 0 Å². The molecule has 1 heterocycles. The lowest BCUT2D eigenvalue weighted by Crippen LogP contribution is -2.28. The van der Waals surface area contributed by atoms with E-state index in [4.69, 9.17) is 0 Å². The van der Waals surface area contributed by atoms with E-state index in [1.165, 1.54) is 5.56 Å². The number of carbonyl (C=O) groups is 1. The lowest BCUT2D eigenvalue weighted by molar-refractivity contribution is 0.251. The summed E-state index contributed by atoms with van der Waals surface area (Å²) in [5.41, 5.74) is 4.21. The molecule has 122 valence electrons. The summed E-state index contributed by atoms with van der Waals surface area (Å²) < 4.78 is 0. The maximum Gasteiger partial charge on any atom is 0.319 e. The molecule has 0 radical (unpaired) electrons. The SMILES string of the molecule is Cc1ccc(NC(=O)NCc2ccc(CC3C=NC=N3)cc2)cc1. The van der Waals surface area contributed by atoms with Crippen LogP contribution in [0.1, 0.15) is 16.7 Å². The fraction of sp³-hybridized carbons (Fsp3) is 0.211. The van der Waals surface area contributed by atoms with Crippen LogP contribution in [0.4, 0.5) is 10.5 Å². The molecule has 0 fully saturated rings. The van der Waals surface area contributed by atoms with Crippen molar-refractivity contribution in [2.75, 3.05) is 5.32 Å². The van der Waals surface area contributed by atoms with Crippen LogP contribution >= 0.6 is 0 Å². The lowest BCUT2D eigenvalue weighted by Gasteiger charge is -2.09. The molecule has 5 heteroatoms. The predicted octanol–water partition coefficient (Wildman–Crippen LogP) is 3.34. The third kappa shape index (κ3) is 4.52. The van der Waals surface area contributed by atoms with Gasteiger partial charge in [0.05, 0.1) is 6.04 Å². The van der Waals surface area contributed by atoms with Crippen LogP contribution in [0.15, 0.2) is 58.5 Å². The molecule has 5 nitrogen and oxygen atoms in total. The van der Waals surface area contributed by atoms with Crippen molar-refractivity contribution in [3.8, 4) is 0 Å². The molecule has 1 aliphatic heterocycles. The Labute approximate surface area is 141 Å². The maximum atomic E-state index is 11.9. The molecule has 2 N–H and O–H groups in total. The van der Waals surface area contributed by atoms with E-state index in [9.17, 15) is 4.79 Å². The molecule has 0 spiro atoms. The largest absolute Gasteiger partial charge is 0.334 e. The van der Waals surface area contributed by atoms with Crippen molar-refractivity contribution in [2.24, 2.45) is 9.98 Å². The molecule has 0 aliphatic carbocycles. The topological polar surface area (TPSA) is 65.8 Å². The number of nitrogens with zero attached hydrogens (tertiary/aromatic N) is 2. The number of carbonyl (C=O) groups excluding carboxylic acids is 1. The first kappa shape index (κ1) is 15.9. The monoisotopic (exact) mass is 320 g/mol. The van der Waals surface area contributed by atoms with E-state index in [1.807, 2.05) is 49.5 Å². The van der Waals surface area contributed by atoms with E-state index < -0.39 is 0 Å². The molecule has 0 saturated carbocycles. The summed E-state index contributed by atoms with van der Waals surface area (Å²) in [7, 11) is 0. The second-order valence-corrected chi connectivity index (χ2v) is 5.82. The van der Waals surface area contributed by atoms with Gasteiger partial charge in [-0.1, -0.05) is 42.0 Å². The van der Waals surface area contributed by atoms with Gasteiger partial charge in [-0.25, -0.2) is 9.79 Å². The summed E-state index contributed by atoms with van der Waals surface area (Å²) in [5, 5.41) is 5.68. The number of amides is 2. The number of aliphatic imine (C=N–C) groups is 2. The molecule has 3 rings (SSSR count). The van der Waals surface area contributed by atoms with Gasteiger partial charge in [0.15, 0.2) is 0 Å². The smallest absolute Gasteiger partial charge is 0.319 e. The molecule has 1 aliphatic rings. The van der Waals surface area contributed by atoms with Gasteiger partial charge in [-0.05, 0) is 36.6 Å². The second-order valence-electron chi connectivity index (χ2n) is 5.82. The van der Waals surface area contributed by atoms with Crippen molar-refractivity contribution in [1.82, 2.24) is 5.32 Å². The number of aryl methyl sites for hydroxylation is 1. The Kier molecular flexibility index (Phi) is 5.01. The number of nitrogens with one attached hydrogen (secondary N) is 2. The van der Waals surface area contributed by atoms with Crippen molar-refractivity contribution >= 4 is 24.3 Å². The normalized spacial score (nSPS) is 15.5. The molecule has 0 bridgehead atoms. The Balaban J connectivity index is 1.47. The van der Waals surface area contributed by atoms with Crippen LogP contribution < -0.4 is 10.6 Å². The van der Waals surface area contributed by atoms with E-state index in [1.54, 1.807) is 6.34 Å². The summed E-state index contributed by atoms with van der Waals surface area (Å²) in [6, 6.07) is 15.8. The number of hydrogen-bond donors (Lipinski definition) is 2. The van der Waals surface area contributed by atoms with Crippen LogP contribution in [-0.2, 0) is 13.0 Å². The highest BCUT2D eigenvalue weighted by molar-refractivity contribution is 5.89. The van der Waals surface area contributed by atoms with Crippen molar-refractivity contribution < 1.29 is 4.79 Å². The van der Waals surface area contributed by atoms with Gasteiger partial charge in [0.1, 0.15) is 6.34 Å². The minimum absolute atomic E-state index is 0.147. The summed E-state index contributed by atoms with van der Waals surface area (Å²) >= 11 is 0. The van der Waals surface area contributed by atoms with Gasteiger partial charge in [-0.3, -0.25) is 4.99 Å². The number of hydrogen-bond acceptors (Lipinski definition) is 3. The number of anilines is 1. The fourth-order valence-corrected chi connectivity index (χ4v) is 2.44. The molecule has 0 aromatic heterocycles. The number of urea groups is 1. The van der Waals surface area contributed by atoms with Gasteiger partial charge < -0.3 is 10.6 Å². The van der Waals surface area contributed by atoms with Crippen molar-refractivity contribution in [3.05, 3.63) is 65.2 Å². The third-order valence-corrected chi connectivity index (χ3v) is 3.81. The van der Waals surface area contributed by atoms with Crippen LogP contribution in [0.5, 0.6) is 0 Å². The highest BCUT2D eigenvalue weighted by Gasteiger charge is 2.07. The van der Waals surface area contributed by atoms with Gasteiger partial charge >= 0.3 is 6.03 Å². The maximum absolute atomic E-state index is 11.9. The van der Waals surface area contributed by atoms with E-state index in [0.717, 1.165) is 23.2 Å². The second kappa shape index (κ2) is 7.55. The summed E-state index contributed by atoms with van der Waals surface area (Å²) in [5.74, 6) is 0. The standard InChI is InChI=1S/C19H20N4O/c1-14-2-8-17(9-3-14)23-19(24)21-11-16-6-4-15(5-7-16)10-18-12-20-13-22-18/h2-9,12-13,18H,10-11H2,1H3,(H2,21,23,24). The molecule has 1 atom stereocenters. The Morgan fingerprint density at radius 2 is 1.75 bits per heavy atom. The summed E-state index contributed by atoms with van der Waals surface area (Å²) in [4.78, 5) is 20.2. The first-order valence-corrected chi connectivity index (χ1v) is 7.93. The zero-order valence-corrected chi connectivity index (χ0v) is 13.6. The lowest BCUT2D eigenvalue weighted by atomic mass is 10.1. The van der Waals surface area contributed by atoms with E-state index in [2.05, 4.69) is 32.8 Å². The first-order chi connectivity index (χ1) is 11.7. The molecule has 0 saturated heterocycles. The minimum Gasteiger partial charge on any atom is -0.334 e. The first-order valence-electron chi connectivity index (χ1n) is 7.93. The minimum atomic E-state index is -0.209. The van der Waals surface area contributed by atoms with Gasteiger partial charge in [-0.15, -0.1) is 0 Å². The van der Waals surface area contributed by atoms with Crippen LogP contribution in [0.25, 0.3) is 0 Å². The highest BCUT2D eigenvalue weighted by atomic mass is 16.2. The van der Waals surface area contributed by atoms with Crippen molar-refractivity contribution in [3.63, 3.8) is 0 Å². The Morgan fingerprint density at radius 3 is 2.42 bits per heavy atom. The van der Waals surface area contributed by atoms with Crippen LogP contribution in [0, 0.1) is 6.92 Å². The molecule has 24 heavy (non-hydrogen) atoms. The van der Waals surface area contributed by atoms with Crippen LogP contribution in [0.3, 0.4) is 0 Å². The molecule has 2 amide bonds. The Morgan fingerprint density at radius 1 is 1.04 bits per heavy atom. The average Bonchev–Trinajstić information content (AvgIpc) is 3.09. The van der Waals surface area contributed by atoms with Crippen LogP contribution in [0.2, 0.25) is 0 Å². The van der Waals surface area contributed by atoms with Gasteiger partial charge in [-0.2, -0.15) is 0 Å². The van der Waals surface area contributed by atoms with Crippen molar-refractivity contribution in [2.45, 2.75) is 25.9 Å². The summed E-state index contributed by atoms with van der Waals surface area (Å²) in [6.45, 7) is 2.50. The molecular weight excluding hydrogens is 300 g/mol. The molecule has 1 unspecified atom stereocenters. The predicted molar refractivity (Wildman–Crippen MR) is 98.0 cm³/mol. The molecule has 2 aromatic rings. The highest BCUT2D eigenvalue weighted by Crippen LogP contribution is 2.10. The van der Waals surface area contributed by atoms with Crippen molar-refractivity contribution in [1.29, 1.82) is 0 Å². The number of rotatable bonds is 5. The van der Waals surface area contributed by atoms with E-state index in [-0.39, 0.29) is 12.1 Å². The Hall–Kier alpha value is -2.95. The summed E-state index contributed by atoms with van der Waals surface area (Å²) in [6.07, 6.45) is 4.29. The zero-order valence-electron chi connectivity index (χ0n) is 13.6. The van der Waals surface area contributed by atoms with E-state index >= 15 is 0 Å².